The first kappa shape index (κ1) is 13.3. The average molecular weight is 265 g/mol. The second-order valence-electron chi connectivity index (χ2n) is 4.97. The van der Waals surface area contributed by atoms with Crippen LogP contribution in [0.15, 0.2) is 18.2 Å². The van der Waals surface area contributed by atoms with E-state index in [2.05, 4.69) is 0 Å². The van der Waals surface area contributed by atoms with Gasteiger partial charge in [-0.25, -0.2) is 0 Å². The van der Waals surface area contributed by atoms with Gasteiger partial charge in [-0.2, -0.15) is 0 Å². The second-order valence-corrected chi connectivity index (χ2v) is 4.97. The highest BCUT2D eigenvalue weighted by Crippen LogP contribution is 2.29. The lowest BCUT2D eigenvalue weighted by Gasteiger charge is -2.19. The summed E-state index contributed by atoms with van der Waals surface area (Å²) in [6.07, 6.45) is 0.453. The van der Waals surface area contributed by atoms with Crippen molar-refractivity contribution in [1.82, 2.24) is 4.90 Å². The monoisotopic (exact) mass is 265 g/mol. The van der Waals surface area contributed by atoms with E-state index in [1.54, 1.807) is 6.92 Å². The number of likely N-dealkylation sites (tertiary alicyclic amines) is 1. The predicted molar refractivity (Wildman–Crippen MR) is 68.7 cm³/mol. The Morgan fingerprint density at radius 3 is 2.79 bits per heavy atom. The van der Waals surface area contributed by atoms with Crippen molar-refractivity contribution in [1.29, 1.82) is 0 Å². The van der Waals surface area contributed by atoms with Gasteiger partial charge in [0.25, 0.3) is 5.91 Å². The molecular weight excluding hydrogens is 250 g/mol. The van der Waals surface area contributed by atoms with E-state index < -0.39 is 16.4 Å². The number of nitro groups is 1. The molecule has 1 unspecified atom stereocenters. The molecule has 0 saturated carbocycles. The zero-order valence-corrected chi connectivity index (χ0v) is 10.5. The molecule has 0 radical (unpaired) electrons. The molecule has 3 N–H and O–H groups in total. The summed E-state index contributed by atoms with van der Waals surface area (Å²) in [4.78, 5) is 24.0. The van der Waals surface area contributed by atoms with Gasteiger partial charge in [0.1, 0.15) is 11.3 Å². The minimum absolute atomic E-state index is 0.0392. The van der Waals surface area contributed by atoms with Crippen LogP contribution in [0.1, 0.15) is 23.7 Å². The van der Waals surface area contributed by atoms with Crippen molar-refractivity contribution < 1.29 is 14.8 Å². The normalized spacial score (nSPS) is 22.5. The summed E-state index contributed by atoms with van der Waals surface area (Å²) in [5, 5.41) is 20.8. The fourth-order valence-electron chi connectivity index (χ4n) is 2.23. The molecule has 0 aliphatic carbocycles. The molecule has 1 aromatic carbocycles. The summed E-state index contributed by atoms with van der Waals surface area (Å²) < 4.78 is 0. The Bertz CT molecular complexity index is 542. The fourth-order valence-corrected chi connectivity index (χ4v) is 2.23. The number of benzene rings is 1. The van der Waals surface area contributed by atoms with Gasteiger partial charge in [0.2, 0.25) is 0 Å². The van der Waals surface area contributed by atoms with Crippen molar-refractivity contribution in [3.8, 4) is 0 Å². The van der Waals surface area contributed by atoms with Gasteiger partial charge in [-0.15, -0.1) is 0 Å². The molecule has 7 nitrogen and oxygen atoms in total. The molecule has 1 aromatic rings. The van der Waals surface area contributed by atoms with Crippen molar-refractivity contribution in [2.24, 2.45) is 0 Å². The summed E-state index contributed by atoms with van der Waals surface area (Å²) in [5.74, 6) is -0.475. The van der Waals surface area contributed by atoms with Crippen molar-refractivity contribution in [3.63, 3.8) is 0 Å². The number of anilines is 1. The minimum atomic E-state index is -0.940. The van der Waals surface area contributed by atoms with Crippen LogP contribution in [0.2, 0.25) is 0 Å². The van der Waals surface area contributed by atoms with E-state index in [9.17, 15) is 20.0 Å². The highest BCUT2D eigenvalue weighted by molar-refractivity contribution is 6.00. The molecule has 102 valence electrons. The van der Waals surface area contributed by atoms with Crippen molar-refractivity contribution in [2.45, 2.75) is 18.9 Å². The van der Waals surface area contributed by atoms with E-state index >= 15 is 0 Å². The van der Waals surface area contributed by atoms with Crippen LogP contribution in [-0.2, 0) is 0 Å². The van der Waals surface area contributed by atoms with Gasteiger partial charge in [-0.1, -0.05) is 6.07 Å². The number of carbonyl (C=O) groups is 1. The van der Waals surface area contributed by atoms with Crippen LogP contribution in [0.5, 0.6) is 0 Å². The molecule has 1 saturated heterocycles. The van der Waals surface area contributed by atoms with E-state index in [4.69, 9.17) is 5.73 Å². The summed E-state index contributed by atoms with van der Waals surface area (Å²) in [7, 11) is 0. The highest BCUT2D eigenvalue weighted by Gasteiger charge is 2.36. The van der Waals surface area contributed by atoms with Crippen LogP contribution in [0.3, 0.4) is 0 Å². The Hall–Kier alpha value is -2.15. The number of nitrogen functional groups attached to an aromatic ring is 1. The number of rotatable bonds is 2. The zero-order chi connectivity index (χ0) is 14.2. The lowest BCUT2D eigenvalue weighted by Crippen LogP contribution is -2.34. The van der Waals surface area contributed by atoms with E-state index in [1.807, 2.05) is 0 Å². The van der Waals surface area contributed by atoms with E-state index in [-0.39, 0.29) is 23.5 Å². The Morgan fingerprint density at radius 2 is 2.26 bits per heavy atom. The van der Waals surface area contributed by atoms with Crippen molar-refractivity contribution in [2.75, 3.05) is 18.8 Å². The van der Waals surface area contributed by atoms with Crippen LogP contribution in [0.4, 0.5) is 11.4 Å². The SMILES string of the molecule is CC1(O)CCN(C(=O)c2cccc(N)c2[N+](=O)[O-])C1. The maximum Gasteiger partial charge on any atom is 0.304 e. The number of nitrogens with two attached hydrogens (primary N) is 1. The Kier molecular flexibility index (Phi) is 3.15. The largest absolute Gasteiger partial charge is 0.393 e. The minimum Gasteiger partial charge on any atom is -0.393 e. The summed E-state index contributed by atoms with van der Waals surface area (Å²) >= 11 is 0. The third kappa shape index (κ3) is 2.50. The molecule has 1 atom stereocenters. The van der Waals surface area contributed by atoms with E-state index in [0.717, 1.165) is 0 Å². The van der Waals surface area contributed by atoms with Crippen LogP contribution < -0.4 is 5.73 Å². The van der Waals surface area contributed by atoms with Gasteiger partial charge in [0.15, 0.2) is 0 Å². The smallest absolute Gasteiger partial charge is 0.304 e. The number of nitrogens with zero attached hydrogens (tertiary/aromatic N) is 2. The molecule has 19 heavy (non-hydrogen) atoms. The molecule has 0 bridgehead atoms. The third-order valence-corrected chi connectivity index (χ3v) is 3.22. The fraction of sp³-hybridized carbons (Fsp3) is 0.417. The molecule has 0 spiro atoms. The lowest BCUT2D eigenvalue weighted by molar-refractivity contribution is -0.384. The summed E-state index contributed by atoms with van der Waals surface area (Å²) in [6.45, 7) is 2.17. The first-order valence-electron chi connectivity index (χ1n) is 5.86. The van der Waals surface area contributed by atoms with Gasteiger partial charge in [-0.3, -0.25) is 14.9 Å². The predicted octanol–water partition coefficient (Wildman–Crippen LogP) is 0.774. The maximum absolute atomic E-state index is 12.3. The lowest BCUT2D eigenvalue weighted by atomic mass is 10.1. The molecular formula is C12H15N3O4. The van der Waals surface area contributed by atoms with Gasteiger partial charge in [0.05, 0.1) is 10.5 Å². The number of nitro benzene ring substituents is 1. The molecule has 0 aromatic heterocycles. The second kappa shape index (κ2) is 4.51. The van der Waals surface area contributed by atoms with Crippen molar-refractivity contribution >= 4 is 17.3 Å². The molecule has 1 heterocycles. The standard InChI is InChI=1S/C12H15N3O4/c1-12(17)5-6-14(7-12)11(16)8-3-2-4-9(13)10(8)15(18)19/h2-4,17H,5-7,13H2,1H3. The first-order chi connectivity index (χ1) is 8.82. The van der Waals surface area contributed by atoms with Crippen molar-refractivity contribution in [3.05, 3.63) is 33.9 Å². The zero-order valence-electron chi connectivity index (χ0n) is 10.5. The number of carbonyl (C=O) groups excluding carboxylic acids is 1. The number of para-hydroxylation sites is 1. The Morgan fingerprint density at radius 1 is 1.58 bits per heavy atom. The maximum atomic E-state index is 12.3. The van der Waals surface area contributed by atoms with E-state index in [1.165, 1.54) is 23.1 Å². The van der Waals surface area contributed by atoms with Gasteiger partial charge >= 0.3 is 5.69 Å². The van der Waals surface area contributed by atoms with E-state index in [0.29, 0.717) is 13.0 Å². The van der Waals surface area contributed by atoms with Crippen LogP contribution >= 0.6 is 0 Å². The number of hydrogen-bond donors (Lipinski definition) is 2. The Balaban J connectivity index is 2.35. The molecule has 1 aliphatic rings. The third-order valence-electron chi connectivity index (χ3n) is 3.22. The van der Waals surface area contributed by atoms with Gasteiger partial charge in [-0.05, 0) is 25.5 Å². The molecule has 1 fully saturated rings. The van der Waals surface area contributed by atoms with Crippen LogP contribution in [0.25, 0.3) is 0 Å². The molecule has 7 heteroatoms. The number of amides is 1. The number of aliphatic hydroxyl groups is 1. The Labute approximate surface area is 109 Å². The molecule has 2 rings (SSSR count). The molecule has 1 aliphatic heterocycles. The summed E-state index contributed by atoms with van der Waals surface area (Å²) in [6, 6.07) is 4.27. The molecule has 1 amide bonds. The van der Waals surface area contributed by atoms with Gasteiger partial charge in [0, 0.05) is 13.1 Å². The van der Waals surface area contributed by atoms with Gasteiger partial charge < -0.3 is 15.7 Å². The average Bonchev–Trinajstić information content (AvgIpc) is 2.68. The van der Waals surface area contributed by atoms with Crippen LogP contribution in [0, 0.1) is 10.1 Å². The number of β-amino-alcohol motifs (C(OH)–C–C–N with tert-alkyl or cyclic N) is 1. The highest BCUT2D eigenvalue weighted by atomic mass is 16.6. The topological polar surface area (TPSA) is 110 Å². The number of hydrogen-bond acceptors (Lipinski definition) is 5. The quantitative estimate of drug-likeness (QED) is 0.466. The van der Waals surface area contributed by atoms with Crippen LogP contribution in [-0.4, -0.2) is 39.5 Å². The summed E-state index contributed by atoms with van der Waals surface area (Å²) in [5.41, 5.74) is 4.16. The first-order valence-corrected chi connectivity index (χ1v) is 5.86.